The largest absolute Gasteiger partial charge is 0.381 e. The molecule has 0 saturated carbocycles. The molecule has 2 N–H and O–H groups in total. The number of hydrogen-bond donors (Lipinski definition) is 2. The first-order valence-electron chi connectivity index (χ1n) is 18.1. The number of nitrogens with zero attached hydrogens (tertiary/aromatic N) is 8. The van der Waals surface area contributed by atoms with Gasteiger partial charge < -0.3 is 28.8 Å². The first kappa shape index (κ1) is 37.2. The third-order valence-electron chi connectivity index (χ3n) is 9.85. The Morgan fingerprint density at radius 3 is 1.46 bits per heavy atom. The molecular formula is C38H42F2N8O6. The number of halogens is 2. The molecule has 2 saturated heterocycles. The fraction of sp³-hybridized carbons (Fsp3) is 0.421. The summed E-state index contributed by atoms with van der Waals surface area (Å²) in [6, 6.07) is 12.1. The molecule has 6 aromatic rings. The summed E-state index contributed by atoms with van der Waals surface area (Å²) in [5.74, 6) is 0.593. The van der Waals surface area contributed by atoms with Crippen LogP contribution in [0.1, 0.15) is 73.7 Å². The highest BCUT2D eigenvalue weighted by molar-refractivity contribution is 5.39. The number of aromatic nitrogens is 8. The third kappa shape index (κ3) is 7.21. The van der Waals surface area contributed by atoms with Gasteiger partial charge in [0.05, 0.1) is 37.7 Å². The van der Waals surface area contributed by atoms with E-state index in [1.54, 1.807) is 45.5 Å². The van der Waals surface area contributed by atoms with Crippen molar-refractivity contribution in [2.75, 3.05) is 26.4 Å². The molecule has 0 bridgehead atoms. The average Bonchev–Trinajstić information content (AvgIpc) is 3.97. The van der Waals surface area contributed by atoms with E-state index in [0.717, 1.165) is 12.8 Å². The SMILES string of the molecule is CCCc1nnc2c(=O)n(Cc3cccc(F)c3)c([C@@]3(O)CCOC3)cn12.CCCc1nnc2c(=O)n(Cc3cccc(F)c3)c([C@]3(O)CCOC3)cn12. The topological polar surface area (TPSA) is 163 Å². The van der Waals surface area contributed by atoms with Crippen LogP contribution in [-0.4, -0.2) is 75.0 Å². The standard InChI is InChI=1S/2C19H21FN4O3/c2*1-2-4-16-21-22-17-18(25)23(10-13-5-3-6-14(20)9-13)15(11-24(16)17)19(26)7-8-27-12-19/h2*3,5-6,9,11,26H,2,4,7-8,10,12H2,1H3/t2*19-/m10/s1. The van der Waals surface area contributed by atoms with Crippen molar-refractivity contribution in [3.8, 4) is 0 Å². The van der Waals surface area contributed by atoms with Gasteiger partial charge in [-0.15, -0.1) is 20.4 Å². The van der Waals surface area contributed by atoms with E-state index >= 15 is 0 Å². The maximum atomic E-state index is 13.6. The lowest BCUT2D eigenvalue weighted by atomic mass is 9.98. The Hall–Kier alpha value is -5.16. The van der Waals surface area contributed by atoms with Crippen molar-refractivity contribution in [1.82, 2.24) is 38.3 Å². The lowest BCUT2D eigenvalue weighted by Crippen LogP contribution is -2.37. The van der Waals surface area contributed by atoms with E-state index < -0.39 is 11.2 Å². The number of fused-ring (bicyclic) bond motifs is 2. The zero-order valence-electron chi connectivity index (χ0n) is 30.1. The highest BCUT2D eigenvalue weighted by Crippen LogP contribution is 2.31. The number of aryl methyl sites for hydroxylation is 2. The highest BCUT2D eigenvalue weighted by atomic mass is 19.1. The molecule has 2 aromatic carbocycles. The van der Waals surface area contributed by atoms with Crippen molar-refractivity contribution < 1.29 is 28.5 Å². The van der Waals surface area contributed by atoms with Crippen LogP contribution < -0.4 is 11.1 Å². The molecule has 4 aromatic heterocycles. The van der Waals surface area contributed by atoms with Crippen LogP contribution in [0.15, 0.2) is 70.5 Å². The first-order valence-corrected chi connectivity index (χ1v) is 18.1. The third-order valence-corrected chi connectivity index (χ3v) is 9.85. The van der Waals surface area contributed by atoms with Gasteiger partial charge in [-0.1, -0.05) is 38.1 Å². The van der Waals surface area contributed by atoms with Crippen LogP contribution in [0, 0.1) is 11.6 Å². The molecule has 2 aliphatic heterocycles. The van der Waals surface area contributed by atoms with E-state index in [-0.39, 0.29) is 60.4 Å². The van der Waals surface area contributed by atoms with Crippen LogP contribution in [0.5, 0.6) is 0 Å². The van der Waals surface area contributed by atoms with Crippen molar-refractivity contribution in [3.05, 3.63) is 127 Å². The summed E-state index contributed by atoms with van der Waals surface area (Å²) >= 11 is 0. The fourth-order valence-corrected chi connectivity index (χ4v) is 7.05. The molecule has 2 atom stereocenters. The van der Waals surface area contributed by atoms with E-state index in [0.29, 0.717) is 73.1 Å². The first-order chi connectivity index (χ1) is 26.0. The number of hydrogen-bond acceptors (Lipinski definition) is 10. The molecule has 0 radical (unpaired) electrons. The fourth-order valence-electron chi connectivity index (χ4n) is 7.05. The number of aliphatic hydroxyl groups is 2. The lowest BCUT2D eigenvalue weighted by molar-refractivity contribution is 0.0151. The molecular weight excluding hydrogens is 702 g/mol. The quantitative estimate of drug-likeness (QED) is 0.213. The molecule has 8 rings (SSSR count). The molecule has 0 unspecified atom stereocenters. The van der Waals surface area contributed by atoms with Gasteiger partial charge in [-0.3, -0.25) is 18.4 Å². The smallest absolute Gasteiger partial charge is 0.296 e. The van der Waals surface area contributed by atoms with E-state index in [1.165, 1.54) is 33.4 Å². The molecule has 54 heavy (non-hydrogen) atoms. The summed E-state index contributed by atoms with van der Waals surface area (Å²) in [7, 11) is 0. The molecule has 6 heterocycles. The molecule has 284 valence electrons. The number of rotatable bonds is 10. The van der Waals surface area contributed by atoms with E-state index in [2.05, 4.69) is 20.4 Å². The van der Waals surface area contributed by atoms with Gasteiger partial charge in [0, 0.05) is 51.3 Å². The summed E-state index contributed by atoms with van der Waals surface area (Å²) in [5.41, 5.74) is -0.806. The Morgan fingerprint density at radius 2 is 1.11 bits per heavy atom. The summed E-state index contributed by atoms with van der Waals surface area (Å²) in [6.45, 7) is 5.32. The summed E-state index contributed by atoms with van der Waals surface area (Å²) < 4.78 is 44.2. The van der Waals surface area contributed by atoms with E-state index in [1.807, 2.05) is 13.8 Å². The van der Waals surface area contributed by atoms with Crippen LogP contribution in [0.25, 0.3) is 11.3 Å². The van der Waals surface area contributed by atoms with E-state index in [4.69, 9.17) is 9.47 Å². The molecule has 2 aliphatic rings. The summed E-state index contributed by atoms with van der Waals surface area (Å²) in [6.07, 6.45) is 7.25. The second-order valence-electron chi connectivity index (χ2n) is 13.9. The molecule has 2 fully saturated rings. The van der Waals surface area contributed by atoms with Crippen LogP contribution in [0.2, 0.25) is 0 Å². The zero-order valence-corrected chi connectivity index (χ0v) is 30.1. The normalized spacial score (nSPS) is 19.8. The maximum Gasteiger partial charge on any atom is 0.296 e. The zero-order chi connectivity index (χ0) is 38.0. The number of benzene rings is 2. The molecule has 16 heteroatoms. The van der Waals surface area contributed by atoms with Gasteiger partial charge in [-0.2, -0.15) is 0 Å². The second kappa shape index (κ2) is 15.3. The van der Waals surface area contributed by atoms with Crippen molar-refractivity contribution in [1.29, 1.82) is 0 Å². The Kier molecular flexibility index (Phi) is 10.5. The van der Waals surface area contributed by atoms with E-state index in [9.17, 15) is 28.6 Å². The van der Waals surface area contributed by atoms with Crippen LogP contribution in [-0.2, 0) is 46.6 Å². The van der Waals surface area contributed by atoms with Gasteiger partial charge in [0.25, 0.3) is 11.1 Å². The van der Waals surface area contributed by atoms with Gasteiger partial charge in [-0.25, -0.2) is 8.78 Å². The lowest BCUT2D eigenvalue weighted by Gasteiger charge is -2.25. The van der Waals surface area contributed by atoms with Gasteiger partial charge in [-0.05, 0) is 48.2 Å². The van der Waals surface area contributed by atoms with Gasteiger partial charge in [0.15, 0.2) is 0 Å². The Labute approximate surface area is 308 Å². The Bertz CT molecular complexity index is 2240. The predicted octanol–water partition coefficient (Wildman–Crippen LogP) is 3.28. The highest BCUT2D eigenvalue weighted by Gasteiger charge is 2.39. The monoisotopic (exact) mass is 744 g/mol. The van der Waals surface area contributed by atoms with Gasteiger partial charge in [0.1, 0.15) is 34.5 Å². The van der Waals surface area contributed by atoms with Gasteiger partial charge >= 0.3 is 0 Å². The minimum absolute atomic E-state index is 0.104. The predicted molar refractivity (Wildman–Crippen MR) is 192 cm³/mol. The average molecular weight is 745 g/mol. The Balaban J connectivity index is 0.000000167. The van der Waals surface area contributed by atoms with Gasteiger partial charge in [0.2, 0.25) is 11.3 Å². The minimum atomic E-state index is -1.28. The van der Waals surface area contributed by atoms with Crippen LogP contribution in [0.3, 0.4) is 0 Å². The van der Waals surface area contributed by atoms with Crippen molar-refractivity contribution in [2.45, 2.75) is 76.7 Å². The van der Waals surface area contributed by atoms with Crippen LogP contribution >= 0.6 is 0 Å². The molecule has 0 spiro atoms. The van der Waals surface area contributed by atoms with Crippen LogP contribution in [0.4, 0.5) is 8.78 Å². The Morgan fingerprint density at radius 1 is 0.685 bits per heavy atom. The summed E-state index contributed by atoms with van der Waals surface area (Å²) in [5, 5.41) is 38.5. The van der Waals surface area contributed by atoms with Crippen molar-refractivity contribution >= 4 is 11.3 Å². The molecule has 14 nitrogen and oxygen atoms in total. The van der Waals surface area contributed by atoms with Crippen molar-refractivity contribution in [2.24, 2.45) is 0 Å². The molecule has 0 aliphatic carbocycles. The maximum absolute atomic E-state index is 13.6. The number of ether oxygens (including phenoxy) is 2. The van der Waals surface area contributed by atoms with Crippen molar-refractivity contribution in [3.63, 3.8) is 0 Å². The minimum Gasteiger partial charge on any atom is -0.381 e. The molecule has 0 amide bonds. The summed E-state index contributed by atoms with van der Waals surface area (Å²) in [4.78, 5) is 26.3. The second-order valence-corrected chi connectivity index (χ2v) is 13.9.